The van der Waals surface area contributed by atoms with Gasteiger partial charge in [-0.1, -0.05) is 30.3 Å². The number of Topliss-reactive ketones (excluding diaryl/α,β-unsaturated/α-hetero) is 1. The summed E-state index contributed by atoms with van der Waals surface area (Å²) in [7, 11) is 0. The molecule has 0 aliphatic carbocycles. The van der Waals surface area contributed by atoms with Crippen molar-refractivity contribution in [1.82, 2.24) is 0 Å². The molecule has 0 atom stereocenters. The molecule has 0 heterocycles. The Morgan fingerprint density at radius 2 is 1.50 bits per heavy atom. The van der Waals surface area contributed by atoms with E-state index in [1.165, 1.54) is 0 Å². The molecule has 0 fully saturated rings. The van der Waals surface area contributed by atoms with E-state index in [4.69, 9.17) is 0 Å². The Morgan fingerprint density at radius 1 is 1.00 bits per heavy atom. The molecule has 16 heavy (non-hydrogen) atoms. The van der Waals surface area contributed by atoms with Gasteiger partial charge in [0.2, 0.25) is 0 Å². The van der Waals surface area contributed by atoms with E-state index in [-0.39, 0.29) is 6.42 Å². The summed E-state index contributed by atoms with van der Waals surface area (Å²) in [4.78, 5) is 11.6. The number of halogens is 3. The summed E-state index contributed by atoms with van der Waals surface area (Å²) in [5, 5.41) is 0. The molecule has 0 saturated carbocycles. The van der Waals surface area contributed by atoms with Gasteiger partial charge >= 0.3 is 0 Å². The van der Waals surface area contributed by atoms with Gasteiger partial charge in [0, 0.05) is 6.42 Å². The van der Waals surface area contributed by atoms with Gasteiger partial charge < -0.3 is 0 Å². The summed E-state index contributed by atoms with van der Waals surface area (Å²) in [6, 6.07) is 8.52. The summed E-state index contributed by atoms with van der Waals surface area (Å²) in [6.07, 6.45) is -0.140. The maximum absolute atomic E-state index is 12.6. The van der Waals surface area contributed by atoms with E-state index < -0.39 is 31.2 Å². The molecule has 0 saturated heterocycles. The lowest BCUT2D eigenvalue weighted by Crippen LogP contribution is -2.39. The van der Waals surface area contributed by atoms with Gasteiger partial charge in [-0.05, 0) is 5.56 Å². The van der Waals surface area contributed by atoms with Crippen LogP contribution in [-0.4, -0.2) is 25.8 Å². The highest BCUT2D eigenvalue weighted by Gasteiger charge is 2.38. The van der Waals surface area contributed by atoms with Gasteiger partial charge in [-0.15, -0.1) is 0 Å². The zero-order valence-electron chi connectivity index (χ0n) is 8.76. The molecule has 4 heteroatoms. The zero-order chi connectivity index (χ0) is 12.0. The first-order valence-corrected chi connectivity index (χ1v) is 4.93. The van der Waals surface area contributed by atoms with E-state index in [0.717, 1.165) is 0 Å². The molecule has 1 nitrogen and oxygen atoms in total. The molecule has 0 N–H and O–H groups in total. The number of alkyl halides is 3. The Kier molecular flexibility index (Phi) is 4.52. The predicted molar refractivity (Wildman–Crippen MR) is 55.5 cm³/mol. The Balaban J connectivity index is 2.78. The largest absolute Gasteiger partial charge is 0.298 e. The Hall–Kier alpha value is -1.32. The van der Waals surface area contributed by atoms with Crippen LogP contribution in [-0.2, 0) is 11.2 Å². The Bertz CT molecular complexity index is 325. The topological polar surface area (TPSA) is 17.1 Å². The molecular formula is C12H13F3O. The molecule has 1 aromatic carbocycles. The summed E-state index contributed by atoms with van der Waals surface area (Å²) in [6.45, 7) is -3.90. The van der Waals surface area contributed by atoms with Crippen LogP contribution < -0.4 is 0 Å². The van der Waals surface area contributed by atoms with Crippen LogP contribution in [0.3, 0.4) is 0 Å². The zero-order valence-corrected chi connectivity index (χ0v) is 8.76. The van der Waals surface area contributed by atoms with Crippen LogP contribution in [0.15, 0.2) is 30.3 Å². The van der Waals surface area contributed by atoms with Gasteiger partial charge in [0.25, 0.3) is 0 Å². The highest BCUT2D eigenvalue weighted by atomic mass is 19.1. The number of hydrogen-bond acceptors (Lipinski definition) is 1. The molecule has 0 aliphatic heterocycles. The monoisotopic (exact) mass is 230 g/mol. The lowest BCUT2D eigenvalue weighted by atomic mass is 9.84. The van der Waals surface area contributed by atoms with Crippen LogP contribution in [0.4, 0.5) is 13.2 Å². The van der Waals surface area contributed by atoms with Crippen molar-refractivity contribution >= 4 is 5.78 Å². The minimum Gasteiger partial charge on any atom is -0.298 e. The van der Waals surface area contributed by atoms with E-state index in [2.05, 4.69) is 0 Å². The number of hydrogen-bond donors (Lipinski definition) is 0. The van der Waals surface area contributed by atoms with E-state index in [0.29, 0.717) is 5.56 Å². The van der Waals surface area contributed by atoms with Crippen molar-refractivity contribution in [2.45, 2.75) is 6.42 Å². The minimum absolute atomic E-state index is 0.140. The van der Waals surface area contributed by atoms with Gasteiger partial charge in [-0.3, -0.25) is 4.79 Å². The van der Waals surface area contributed by atoms with E-state index in [1.807, 2.05) is 0 Å². The fourth-order valence-corrected chi connectivity index (χ4v) is 1.30. The van der Waals surface area contributed by atoms with E-state index in [1.54, 1.807) is 30.3 Å². The molecule has 0 spiro atoms. The summed E-state index contributed by atoms with van der Waals surface area (Å²) in [5.74, 6) is -0.730. The highest BCUT2D eigenvalue weighted by molar-refractivity contribution is 5.87. The van der Waals surface area contributed by atoms with Crippen molar-refractivity contribution in [2.24, 2.45) is 5.41 Å². The summed E-state index contributed by atoms with van der Waals surface area (Å²) in [5.41, 5.74) is -1.47. The molecule has 1 aromatic rings. The predicted octanol–water partition coefficient (Wildman–Crippen LogP) is 2.69. The molecule has 0 unspecified atom stereocenters. The first kappa shape index (κ1) is 12.7. The molecule has 0 aromatic heterocycles. The fraction of sp³-hybridized carbons (Fsp3) is 0.417. The molecule has 0 amide bonds. The second kappa shape index (κ2) is 5.68. The average Bonchev–Trinajstić information content (AvgIpc) is 2.33. The van der Waals surface area contributed by atoms with Crippen LogP contribution >= 0.6 is 0 Å². The van der Waals surface area contributed by atoms with Gasteiger partial charge in [0.1, 0.15) is 25.4 Å². The second-order valence-corrected chi connectivity index (χ2v) is 3.77. The Morgan fingerprint density at radius 3 is 1.94 bits per heavy atom. The van der Waals surface area contributed by atoms with Gasteiger partial charge in [-0.2, -0.15) is 0 Å². The van der Waals surface area contributed by atoms with Crippen molar-refractivity contribution in [3.63, 3.8) is 0 Å². The standard InChI is InChI=1S/C12H13F3O/c13-7-12(8-14,9-15)11(16)6-10-4-2-1-3-5-10/h1-5H,6-9H2. The van der Waals surface area contributed by atoms with Gasteiger partial charge in [-0.25, -0.2) is 13.2 Å². The molecule has 1 rings (SSSR count). The first-order chi connectivity index (χ1) is 7.68. The number of ketones is 1. The molecule has 0 radical (unpaired) electrons. The summed E-state index contributed by atoms with van der Waals surface area (Å²) >= 11 is 0. The molecule has 0 bridgehead atoms. The third kappa shape index (κ3) is 2.62. The van der Waals surface area contributed by atoms with Gasteiger partial charge in [0.15, 0.2) is 5.78 Å². The molecule has 88 valence electrons. The van der Waals surface area contributed by atoms with Crippen LogP contribution in [0, 0.1) is 5.41 Å². The van der Waals surface area contributed by atoms with Crippen LogP contribution in [0.2, 0.25) is 0 Å². The normalized spacial score (nSPS) is 11.4. The average molecular weight is 230 g/mol. The van der Waals surface area contributed by atoms with Gasteiger partial charge in [0.05, 0.1) is 0 Å². The maximum atomic E-state index is 12.6. The fourth-order valence-electron chi connectivity index (χ4n) is 1.30. The van der Waals surface area contributed by atoms with Crippen molar-refractivity contribution in [1.29, 1.82) is 0 Å². The molecular weight excluding hydrogens is 217 g/mol. The highest BCUT2D eigenvalue weighted by Crippen LogP contribution is 2.23. The second-order valence-electron chi connectivity index (χ2n) is 3.77. The van der Waals surface area contributed by atoms with E-state index in [9.17, 15) is 18.0 Å². The number of rotatable bonds is 6. The van der Waals surface area contributed by atoms with Crippen molar-refractivity contribution in [3.05, 3.63) is 35.9 Å². The van der Waals surface area contributed by atoms with E-state index >= 15 is 0 Å². The van der Waals surface area contributed by atoms with Crippen LogP contribution in [0.25, 0.3) is 0 Å². The van der Waals surface area contributed by atoms with Crippen molar-refractivity contribution in [2.75, 3.05) is 20.0 Å². The third-order valence-electron chi connectivity index (χ3n) is 2.57. The van der Waals surface area contributed by atoms with Crippen LogP contribution in [0.1, 0.15) is 5.56 Å². The van der Waals surface area contributed by atoms with Crippen LogP contribution in [0.5, 0.6) is 0 Å². The number of benzene rings is 1. The third-order valence-corrected chi connectivity index (χ3v) is 2.57. The van der Waals surface area contributed by atoms with Crippen molar-refractivity contribution in [3.8, 4) is 0 Å². The quantitative estimate of drug-likeness (QED) is 0.734. The summed E-state index contributed by atoms with van der Waals surface area (Å²) < 4.78 is 37.7. The lowest BCUT2D eigenvalue weighted by Gasteiger charge is -2.22. The Labute approximate surface area is 92.3 Å². The number of carbonyl (C=O) groups excluding carboxylic acids is 1. The molecule has 0 aliphatic rings. The lowest BCUT2D eigenvalue weighted by molar-refractivity contribution is -0.131. The van der Waals surface area contributed by atoms with Crippen molar-refractivity contribution < 1.29 is 18.0 Å². The number of carbonyl (C=O) groups is 1. The SMILES string of the molecule is O=C(Cc1ccccc1)C(CF)(CF)CF. The smallest absolute Gasteiger partial charge is 0.151 e. The minimum atomic E-state index is -2.10. The first-order valence-electron chi connectivity index (χ1n) is 4.93. The maximum Gasteiger partial charge on any atom is 0.151 e.